The molecule has 10 aromatic rings. The smallest absolute Gasteiger partial charge is 0.0720 e. The van der Waals surface area contributed by atoms with Crippen LogP contribution in [-0.2, 0) is 16.2 Å². The molecule has 1 heteroatoms. The highest BCUT2D eigenvalue weighted by Gasteiger charge is 2.59. The summed E-state index contributed by atoms with van der Waals surface area (Å²) < 4.78 is 2.59. The third kappa shape index (κ3) is 3.57. The van der Waals surface area contributed by atoms with Gasteiger partial charge in [-0.05, 0) is 102 Å². The molecule has 1 aromatic heterocycles. The van der Waals surface area contributed by atoms with Gasteiger partial charge in [-0.1, -0.05) is 196 Å². The summed E-state index contributed by atoms with van der Waals surface area (Å²) in [5.74, 6) is 0. The van der Waals surface area contributed by atoms with Crippen LogP contribution in [-0.4, -0.2) is 4.57 Å². The van der Waals surface area contributed by atoms with E-state index < -0.39 is 10.8 Å². The fraction of sp³-hybridized carbons (Fsp3) is 0.0847. The summed E-state index contributed by atoms with van der Waals surface area (Å²) in [5.41, 5.74) is 24.2. The molecule has 60 heavy (non-hydrogen) atoms. The van der Waals surface area contributed by atoms with Gasteiger partial charge in [0.25, 0.3) is 0 Å². The van der Waals surface area contributed by atoms with Crippen LogP contribution in [0.15, 0.2) is 200 Å². The lowest BCUT2D eigenvalue weighted by Gasteiger charge is -2.48. The number of fused-ring (bicyclic) bond motifs is 23. The minimum Gasteiger partial charge on any atom is -0.309 e. The van der Waals surface area contributed by atoms with Gasteiger partial charge in [0.1, 0.15) is 0 Å². The second-order valence-electron chi connectivity index (χ2n) is 17.9. The van der Waals surface area contributed by atoms with E-state index in [0.717, 1.165) is 0 Å². The number of nitrogens with zero attached hydrogens (tertiary/aromatic N) is 1. The molecule has 2 spiro atoms. The topological polar surface area (TPSA) is 4.93 Å². The molecule has 0 unspecified atom stereocenters. The molecule has 0 radical (unpaired) electrons. The lowest BCUT2D eigenvalue weighted by atomic mass is 9.52. The standard InChI is InChI=1S/C59H39N/c1-57(2)44-22-8-3-17-37(44)40-32-31-36(35-53(40)57)60-54-30-16-7-20-41(54)42-33-34-52-55(56(42)60)43-21-6-11-25-47(43)59(52)50-28-14-12-26-48(50)58(49-27-13-15-29-51(49)59)45-23-9-4-18-38(45)39-19-5-10-24-46(39)58/h3-35H,1-2H3. The van der Waals surface area contributed by atoms with Crippen LogP contribution >= 0.6 is 0 Å². The van der Waals surface area contributed by atoms with Crippen LogP contribution in [0, 0.1) is 0 Å². The molecule has 0 aliphatic heterocycles. The van der Waals surface area contributed by atoms with Crippen molar-refractivity contribution in [2.24, 2.45) is 0 Å². The second kappa shape index (κ2) is 11.1. The lowest BCUT2D eigenvalue weighted by molar-refractivity contribution is 0.633. The van der Waals surface area contributed by atoms with Gasteiger partial charge >= 0.3 is 0 Å². The third-order valence-corrected chi connectivity index (χ3v) is 15.1. The van der Waals surface area contributed by atoms with Crippen molar-refractivity contribution in [3.05, 3.63) is 256 Å². The van der Waals surface area contributed by atoms with Gasteiger partial charge in [0.05, 0.1) is 21.9 Å². The van der Waals surface area contributed by atoms with Crippen molar-refractivity contribution in [1.29, 1.82) is 0 Å². The molecule has 0 N–H and O–H groups in total. The van der Waals surface area contributed by atoms with Crippen LogP contribution in [0.25, 0.3) is 60.9 Å². The molecular weight excluding hydrogens is 723 g/mol. The van der Waals surface area contributed by atoms with Gasteiger partial charge in [0, 0.05) is 27.4 Å². The van der Waals surface area contributed by atoms with Gasteiger partial charge in [-0.2, -0.15) is 0 Å². The van der Waals surface area contributed by atoms with E-state index in [4.69, 9.17) is 0 Å². The highest BCUT2D eigenvalue weighted by molar-refractivity contribution is 6.16. The first-order valence-electron chi connectivity index (χ1n) is 21.4. The normalized spacial score (nSPS) is 15.9. The second-order valence-corrected chi connectivity index (χ2v) is 17.9. The largest absolute Gasteiger partial charge is 0.309 e. The van der Waals surface area contributed by atoms with Crippen molar-refractivity contribution in [2.45, 2.75) is 30.1 Å². The maximum absolute atomic E-state index is 2.59. The van der Waals surface area contributed by atoms with Crippen molar-refractivity contribution in [2.75, 3.05) is 0 Å². The van der Waals surface area contributed by atoms with Gasteiger partial charge in [0.15, 0.2) is 0 Å². The zero-order valence-electron chi connectivity index (χ0n) is 33.5. The monoisotopic (exact) mass is 761 g/mol. The summed E-state index contributed by atoms with van der Waals surface area (Å²) >= 11 is 0. The van der Waals surface area contributed by atoms with E-state index in [1.165, 1.54) is 117 Å². The SMILES string of the molecule is CC1(C)c2ccccc2-c2ccc(-n3c4ccccc4c4ccc5c(c43)-c3ccccc3C53c4ccccc4C4(c5ccccc5-c5ccccc54)c4ccccc43)cc21. The van der Waals surface area contributed by atoms with Crippen LogP contribution in [0.2, 0.25) is 0 Å². The van der Waals surface area contributed by atoms with Crippen LogP contribution in [0.1, 0.15) is 69.5 Å². The van der Waals surface area contributed by atoms with E-state index in [0.29, 0.717) is 0 Å². The fourth-order valence-corrected chi connectivity index (χ4v) is 12.9. The Hall–Kier alpha value is -7.22. The van der Waals surface area contributed by atoms with E-state index in [1.807, 2.05) is 0 Å². The van der Waals surface area contributed by atoms with E-state index >= 15 is 0 Å². The van der Waals surface area contributed by atoms with Gasteiger partial charge in [0.2, 0.25) is 0 Å². The molecule has 0 atom stereocenters. The summed E-state index contributed by atoms with van der Waals surface area (Å²) in [4.78, 5) is 0. The quantitative estimate of drug-likeness (QED) is 0.157. The predicted octanol–water partition coefficient (Wildman–Crippen LogP) is 14.1. The first kappa shape index (κ1) is 32.7. The van der Waals surface area contributed by atoms with Crippen molar-refractivity contribution < 1.29 is 0 Å². The number of rotatable bonds is 1. The Bertz CT molecular complexity index is 3440. The Kier molecular flexibility index (Phi) is 6.04. The van der Waals surface area contributed by atoms with E-state index in [-0.39, 0.29) is 5.41 Å². The Morgan fingerprint density at radius 1 is 0.317 bits per heavy atom. The zero-order valence-corrected chi connectivity index (χ0v) is 33.5. The maximum Gasteiger partial charge on any atom is 0.0720 e. The first-order valence-corrected chi connectivity index (χ1v) is 21.4. The maximum atomic E-state index is 2.59. The highest BCUT2D eigenvalue weighted by atomic mass is 15.0. The summed E-state index contributed by atoms with van der Waals surface area (Å²) in [7, 11) is 0. The van der Waals surface area contributed by atoms with E-state index in [2.05, 4.69) is 219 Å². The van der Waals surface area contributed by atoms with E-state index in [9.17, 15) is 0 Å². The van der Waals surface area contributed by atoms with E-state index in [1.54, 1.807) is 0 Å². The van der Waals surface area contributed by atoms with Gasteiger partial charge in [-0.15, -0.1) is 0 Å². The molecule has 4 aliphatic rings. The minimum atomic E-state index is -0.548. The number of hydrogen-bond donors (Lipinski definition) is 0. The fourth-order valence-electron chi connectivity index (χ4n) is 12.9. The molecular formula is C59H39N. The number of hydrogen-bond acceptors (Lipinski definition) is 0. The molecule has 0 saturated carbocycles. The minimum absolute atomic E-state index is 0.109. The third-order valence-electron chi connectivity index (χ3n) is 15.1. The van der Waals surface area contributed by atoms with Crippen molar-refractivity contribution >= 4 is 21.8 Å². The molecule has 1 nitrogen and oxygen atoms in total. The first-order chi connectivity index (χ1) is 29.6. The van der Waals surface area contributed by atoms with Crippen LogP contribution in [0.3, 0.4) is 0 Å². The Morgan fingerprint density at radius 2 is 0.750 bits per heavy atom. The summed E-state index contributed by atoms with van der Waals surface area (Å²) in [5, 5.41) is 2.56. The zero-order chi connectivity index (χ0) is 39.5. The molecule has 0 saturated heterocycles. The van der Waals surface area contributed by atoms with Crippen molar-refractivity contribution in [3.8, 4) is 39.1 Å². The summed E-state index contributed by atoms with van der Waals surface area (Å²) in [6, 6.07) is 76.6. The van der Waals surface area contributed by atoms with Crippen LogP contribution in [0.4, 0.5) is 0 Å². The molecule has 0 amide bonds. The van der Waals surface area contributed by atoms with Gasteiger partial charge in [-0.3, -0.25) is 0 Å². The highest BCUT2D eigenvalue weighted by Crippen LogP contribution is 2.68. The molecule has 9 aromatic carbocycles. The van der Waals surface area contributed by atoms with Crippen LogP contribution < -0.4 is 0 Å². The average molecular weight is 762 g/mol. The Morgan fingerprint density at radius 3 is 1.35 bits per heavy atom. The Labute approximate surface area is 349 Å². The van der Waals surface area contributed by atoms with Crippen molar-refractivity contribution in [3.63, 3.8) is 0 Å². The predicted molar refractivity (Wildman–Crippen MR) is 247 cm³/mol. The molecule has 0 fully saturated rings. The lowest BCUT2D eigenvalue weighted by Crippen LogP contribution is -2.43. The summed E-state index contributed by atoms with van der Waals surface area (Å²) in [6.07, 6.45) is 0. The molecule has 1 heterocycles. The van der Waals surface area contributed by atoms with Gasteiger partial charge in [-0.25, -0.2) is 0 Å². The molecule has 0 bridgehead atoms. The molecule has 280 valence electrons. The average Bonchev–Trinajstić information content (AvgIpc) is 3.97. The summed E-state index contributed by atoms with van der Waals surface area (Å²) in [6.45, 7) is 4.77. The molecule has 14 rings (SSSR count). The number of benzene rings is 9. The number of aromatic nitrogens is 1. The van der Waals surface area contributed by atoms with Gasteiger partial charge < -0.3 is 4.57 Å². The molecule has 4 aliphatic carbocycles. The van der Waals surface area contributed by atoms with Crippen LogP contribution in [0.5, 0.6) is 0 Å². The van der Waals surface area contributed by atoms with Crippen molar-refractivity contribution in [1.82, 2.24) is 4.57 Å². The number of para-hydroxylation sites is 1. The Balaban J connectivity index is 1.13.